The van der Waals surface area contributed by atoms with E-state index in [1.165, 1.54) is 11.3 Å². The van der Waals surface area contributed by atoms with Gasteiger partial charge in [0.25, 0.3) is 5.91 Å². The smallest absolute Gasteiger partial charge is 0.263 e. The molecule has 0 saturated heterocycles. The highest BCUT2D eigenvalue weighted by Gasteiger charge is 2.15. The maximum Gasteiger partial charge on any atom is 0.263 e. The first-order valence-electron chi connectivity index (χ1n) is 5.11. The summed E-state index contributed by atoms with van der Waals surface area (Å²) in [6, 6.07) is 2.01. The van der Waals surface area contributed by atoms with Gasteiger partial charge in [-0.3, -0.25) is 4.79 Å². The number of carbonyl (C=O) groups excluding carboxylic acids is 1. The number of thiophene rings is 1. The molecule has 2 rings (SSSR count). The Morgan fingerprint density at radius 3 is 3.12 bits per heavy atom. The number of thiazole rings is 1. The zero-order chi connectivity index (χ0) is 12.3. The van der Waals surface area contributed by atoms with E-state index in [0.29, 0.717) is 11.4 Å². The van der Waals surface area contributed by atoms with Crippen molar-refractivity contribution in [3.8, 4) is 10.6 Å². The van der Waals surface area contributed by atoms with Crippen molar-refractivity contribution < 1.29 is 4.79 Å². The molecule has 0 bridgehead atoms. The molecule has 0 atom stereocenters. The molecule has 17 heavy (non-hydrogen) atoms. The van der Waals surface area contributed by atoms with E-state index in [4.69, 9.17) is 0 Å². The van der Waals surface area contributed by atoms with Crippen LogP contribution in [0.1, 0.15) is 15.4 Å². The molecule has 1 N–H and O–H groups in total. The predicted octanol–water partition coefficient (Wildman–Crippen LogP) is 3.10. The Hall–Kier alpha value is -1.46. The molecule has 2 heterocycles. The molecule has 3 nitrogen and oxygen atoms in total. The minimum atomic E-state index is -0.0821. The summed E-state index contributed by atoms with van der Waals surface area (Å²) in [5.41, 5.74) is 1.85. The lowest BCUT2D eigenvalue weighted by atomic mass is 10.3. The Kier molecular flexibility index (Phi) is 3.71. The van der Waals surface area contributed by atoms with E-state index < -0.39 is 0 Å². The minimum absolute atomic E-state index is 0.0821. The van der Waals surface area contributed by atoms with Crippen molar-refractivity contribution in [1.82, 2.24) is 10.3 Å². The molecular weight excluding hydrogens is 252 g/mol. The second-order valence-electron chi connectivity index (χ2n) is 3.44. The molecule has 5 heteroatoms. The maximum absolute atomic E-state index is 11.8. The predicted molar refractivity (Wildman–Crippen MR) is 72.7 cm³/mol. The molecule has 1 amide bonds. The number of nitrogens with zero attached hydrogens (tertiary/aromatic N) is 1. The zero-order valence-corrected chi connectivity index (χ0v) is 11.0. The number of rotatable bonds is 4. The van der Waals surface area contributed by atoms with Gasteiger partial charge in [0.05, 0.1) is 5.69 Å². The molecule has 0 aliphatic carbocycles. The summed E-state index contributed by atoms with van der Waals surface area (Å²) in [4.78, 5) is 16.9. The van der Waals surface area contributed by atoms with Crippen LogP contribution < -0.4 is 5.32 Å². The van der Waals surface area contributed by atoms with E-state index in [9.17, 15) is 4.79 Å². The molecule has 0 saturated carbocycles. The van der Waals surface area contributed by atoms with Gasteiger partial charge in [0.1, 0.15) is 9.88 Å². The Labute approximate surface area is 108 Å². The first-order valence-corrected chi connectivity index (χ1v) is 6.87. The van der Waals surface area contributed by atoms with Crippen LogP contribution in [0.5, 0.6) is 0 Å². The van der Waals surface area contributed by atoms with Gasteiger partial charge >= 0.3 is 0 Å². The summed E-state index contributed by atoms with van der Waals surface area (Å²) in [5, 5.41) is 7.69. The average Bonchev–Trinajstić information content (AvgIpc) is 2.94. The van der Waals surface area contributed by atoms with Crippen molar-refractivity contribution in [3.63, 3.8) is 0 Å². The van der Waals surface area contributed by atoms with Gasteiger partial charge in [-0.1, -0.05) is 6.08 Å². The highest BCUT2D eigenvalue weighted by Crippen LogP contribution is 2.29. The van der Waals surface area contributed by atoms with Crippen molar-refractivity contribution in [2.75, 3.05) is 6.54 Å². The molecule has 0 spiro atoms. The highest BCUT2D eigenvalue weighted by atomic mass is 32.1. The first kappa shape index (κ1) is 12.0. The summed E-state index contributed by atoms with van der Waals surface area (Å²) in [5.74, 6) is -0.0821. The molecule has 0 aliphatic rings. The van der Waals surface area contributed by atoms with E-state index in [1.807, 2.05) is 23.8 Å². The highest BCUT2D eigenvalue weighted by molar-refractivity contribution is 7.17. The lowest BCUT2D eigenvalue weighted by Crippen LogP contribution is -2.22. The SMILES string of the molecule is C=CCNC(=O)c1sc(-c2ccsc2)nc1C. The van der Waals surface area contributed by atoms with Crippen LogP contribution in [0.3, 0.4) is 0 Å². The number of nitrogens with one attached hydrogen (secondary N) is 1. The average molecular weight is 264 g/mol. The number of carbonyl (C=O) groups is 1. The van der Waals surface area contributed by atoms with Gasteiger partial charge in [0.15, 0.2) is 0 Å². The van der Waals surface area contributed by atoms with E-state index in [0.717, 1.165) is 16.3 Å². The lowest BCUT2D eigenvalue weighted by Gasteiger charge is -1.98. The van der Waals surface area contributed by atoms with Crippen LogP contribution in [0.2, 0.25) is 0 Å². The normalized spacial score (nSPS) is 10.2. The van der Waals surface area contributed by atoms with Crippen LogP contribution in [0, 0.1) is 6.92 Å². The lowest BCUT2D eigenvalue weighted by molar-refractivity contribution is 0.0961. The third-order valence-corrected chi connectivity index (χ3v) is 4.07. The fourth-order valence-electron chi connectivity index (χ4n) is 1.36. The number of aromatic nitrogens is 1. The standard InChI is InChI=1S/C12H12N2OS2/c1-3-5-13-11(15)10-8(2)14-12(17-10)9-4-6-16-7-9/h3-4,6-7H,1,5H2,2H3,(H,13,15). The van der Waals surface area contributed by atoms with Crippen molar-refractivity contribution in [2.24, 2.45) is 0 Å². The fraction of sp³-hybridized carbons (Fsp3) is 0.167. The van der Waals surface area contributed by atoms with Crippen molar-refractivity contribution >= 4 is 28.6 Å². The molecule has 0 unspecified atom stereocenters. The largest absolute Gasteiger partial charge is 0.348 e. The molecule has 0 fully saturated rings. The second kappa shape index (κ2) is 5.25. The summed E-state index contributed by atoms with van der Waals surface area (Å²) < 4.78 is 0. The fourth-order valence-corrected chi connectivity index (χ4v) is 3.06. The number of amides is 1. The third kappa shape index (κ3) is 2.62. The van der Waals surface area contributed by atoms with Gasteiger partial charge in [-0.2, -0.15) is 11.3 Å². The summed E-state index contributed by atoms with van der Waals surface area (Å²) in [6.45, 7) is 5.90. The van der Waals surface area contributed by atoms with Crippen molar-refractivity contribution in [1.29, 1.82) is 0 Å². The van der Waals surface area contributed by atoms with Gasteiger partial charge in [0, 0.05) is 17.5 Å². The summed E-state index contributed by atoms with van der Waals surface area (Å²) in [7, 11) is 0. The Morgan fingerprint density at radius 1 is 1.65 bits per heavy atom. The number of hydrogen-bond donors (Lipinski definition) is 1. The second-order valence-corrected chi connectivity index (χ2v) is 5.22. The molecule has 0 aliphatic heterocycles. The van der Waals surface area contributed by atoms with Crippen LogP contribution in [0.15, 0.2) is 29.5 Å². The Bertz CT molecular complexity index is 529. The summed E-state index contributed by atoms with van der Waals surface area (Å²) >= 11 is 3.05. The molecule has 0 aromatic carbocycles. The Balaban J connectivity index is 2.25. The minimum Gasteiger partial charge on any atom is -0.348 e. The van der Waals surface area contributed by atoms with Gasteiger partial charge < -0.3 is 5.32 Å². The molecule has 88 valence electrons. The van der Waals surface area contributed by atoms with Crippen LogP contribution >= 0.6 is 22.7 Å². The molecule has 2 aromatic rings. The topological polar surface area (TPSA) is 42.0 Å². The summed E-state index contributed by atoms with van der Waals surface area (Å²) in [6.07, 6.45) is 1.66. The maximum atomic E-state index is 11.8. The van der Waals surface area contributed by atoms with Gasteiger partial charge in [0.2, 0.25) is 0 Å². The van der Waals surface area contributed by atoms with Crippen LogP contribution in [-0.2, 0) is 0 Å². The zero-order valence-electron chi connectivity index (χ0n) is 9.40. The molecular formula is C12H12N2OS2. The van der Waals surface area contributed by atoms with Gasteiger partial charge in [-0.05, 0) is 18.4 Å². The number of hydrogen-bond acceptors (Lipinski definition) is 4. The third-order valence-electron chi connectivity index (χ3n) is 2.18. The van der Waals surface area contributed by atoms with Crippen LogP contribution in [0.25, 0.3) is 10.6 Å². The van der Waals surface area contributed by atoms with Crippen LogP contribution in [0.4, 0.5) is 0 Å². The van der Waals surface area contributed by atoms with E-state index >= 15 is 0 Å². The van der Waals surface area contributed by atoms with Crippen molar-refractivity contribution in [2.45, 2.75) is 6.92 Å². The Morgan fingerprint density at radius 2 is 2.47 bits per heavy atom. The monoisotopic (exact) mass is 264 g/mol. The molecule has 2 aromatic heterocycles. The first-order chi connectivity index (χ1) is 8.22. The van der Waals surface area contributed by atoms with Crippen molar-refractivity contribution in [3.05, 3.63) is 40.1 Å². The van der Waals surface area contributed by atoms with E-state index in [1.54, 1.807) is 17.4 Å². The van der Waals surface area contributed by atoms with E-state index in [2.05, 4.69) is 16.9 Å². The molecule has 0 radical (unpaired) electrons. The van der Waals surface area contributed by atoms with Gasteiger partial charge in [-0.25, -0.2) is 4.98 Å². The van der Waals surface area contributed by atoms with Gasteiger partial charge in [-0.15, -0.1) is 17.9 Å². The van der Waals surface area contributed by atoms with Crippen LogP contribution in [-0.4, -0.2) is 17.4 Å². The quantitative estimate of drug-likeness (QED) is 0.862. The number of aryl methyl sites for hydroxylation is 1. The van der Waals surface area contributed by atoms with E-state index in [-0.39, 0.29) is 5.91 Å².